The van der Waals surface area contributed by atoms with Gasteiger partial charge in [0, 0.05) is 28.6 Å². The normalized spacial score (nSPS) is 11.0. The van der Waals surface area contributed by atoms with E-state index in [9.17, 15) is 22.0 Å². The first-order chi connectivity index (χ1) is 14.1. The molecule has 2 aromatic carbocycles. The van der Waals surface area contributed by atoms with Crippen LogP contribution in [-0.2, 0) is 10.0 Å². The number of terminal acetylenes is 1. The Labute approximate surface area is 171 Å². The van der Waals surface area contributed by atoms with E-state index in [1.807, 2.05) is 0 Å². The van der Waals surface area contributed by atoms with Crippen molar-refractivity contribution in [3.05, 3.63) is 75.7 Å². The van der Waals surface area contributed by atoms with E-state index in [1.54, 1.807) is 6.92 Å². The molecule has 1 heterocycles. The molecule has 3 rings (SSSR count). The van der Waals surface area contributed by atoms with Crippen molar-refractivity contribution in [3.63, 3.8) is 0 Å². The number of benzene rings is 2. The maximum absolute atomic E-state index is 14.1. The molecule has 0 bridgehead atoms. The summed E-state index contributed by atoms with van der Waals surface area (Å²) < 4.78 is 58.5. The predicted molar refractivity (Wildman–Crippen MR) is 110 cm³/mol. The Morgan fingerprint density at radius 3 is 2.40 bits per heavy atom. The third-order valence-electron chi connectivity index (χ3n) is 4.08. The van der Waals surface area contributed by atoms with Gasteiger partial charge in [-0.1, -0.05) is 5.92 Å². The van der Waals surface area contributed by atoms with E-state index in [4.69, 9.17) is 11.2 Å². The molecule has 6 nitrogen and oxygen atoms in total. The van der Waals surface area contributed by atoms with Gasteiger partial charge in [0.1, 0.15) is 11.6 Å². The van der Waals surface area contributed by atoms with Gasteiger partial charge in [0.25, 0.3) is 5.56 Å². The van der Waals surface area contributed by atoms with E-state index in [2.05, 4.69) is 15.6 Å². The number of nitrogens with one attached hydrogen (secondary N) is 2. The lowest BCUT2D eigenvalue weighted by atomic mass is 10.0. The Morgan fingerprint density at radius 1 is 1.07 bits per heavy atom. The number of H-pyrrole nitrogens is 1. The lowest BCUT2D eigenvalue weighted by Gasteiger charge is -2.16. The number of pyridine rings is 1. The fourth-order valence-electron chi connectivity index (χ4n) is 2.79. The van der Waals surface area contributed by atoms with E-state index >= 15 is 0 Å². The first kappa shape index (κ1) is 21.1. The smallest absolute Gasteiger partial charge is 0.263 e. The van der Waals surface area contributed by atoms with Crippen molar-refractivity contribution in [2.45, 2.75) is 6.92 Å². The van der Waals surface area contributed by atoms with Gasteiger partial charge in [-0.15, -0.1) is 6.42 Å². The van der Waals surface area contributed by atoms with Crippen molar-refractivity contribution in [3.8, 4) is 35.0 Å². The average Bonchev–Trinajstić information content (AvgIpc) is 2.64. The highest BCUT2D eigenvalue weighted by Crippen LogP contribution is 2.37. The molecule has 0 spiro atoms. The molecule has 2 N–H and O–H groups in total. The highest BCUT2D eigenvalue weighted by atomic mass is 32.2. The van der Waals surface area contributed by atoms with Crippen LogP contribution in [0, 0.1) is 30.9 Å². The molecule has 0 aliphatic heterocycles. The van der Waals surface area contributed by atoms with Gasteiger partial charge >= 0.3 is 0 Å². The molecular formula is C21H16F2N2O4S. The van der Waals surface area contributed by atoms with Crippen LogP contribution in [0.4, 0.5) is 14.5 Å². The summed E-state index contributed by atoms with van der Waals surface area (Å²) >= 11 is 0. The molecule has 3 aromatic rings. The molecule has 9 heteroatoms. The van der Waals surface area contributed by atoms with E-state index in [-0.39, 0.29) is 22.7 Å². The average molecular weight is 430 g/mol. The molecule has 0 unspecified atom stereocenters. The zero-order valence-corrected chi connectivity index (χ0v) is 16.7. The van der Waals surface area contributed by atoms with Gasteiger partial charge < -0.3 is 9.72 Å². The molecule has 1 aromatic heterocycles. The van der Waals surface area contributed by atoms with Crippen LogP contribution in [-0.4, -0.2) is 19.7 Å². The number of ether oxygens (including phenoxy) is 1. The molecule has 30 heavy (non-hydrogen) atoms. The number of rotatable bonds is 5. The summed E-state index contributed by atoms with van der Waals surface area (Å²) in [6.45, 7) is 1.62. The van der Waals surface area contributed by atoms with Gasteiger partial charge in [0.05, 0.1) is 11.8 Å². The first-order valence-electron chi connectivity index (χ1n) is 8.53. The zero-order chi connectivity index (χ0) is 22.1. The molecular weight excluding hydrogens is 414 g/mol. The summed E-state index contributed by atoms with van der Waals surface area (Å²) in [6.07, 6.45) is 6.37. The zero-order valence-electron chi connectivity index (χ0n) is 15.9. The van der Waals surface area contributed by atoms with Crippen molar-refractivity contribution in [2.24, 2.45) is 0 Å². The Morgan fingerprint density at radius 2 is 1.77 bits per heavy atom. The lowest BCUT2D eigenvalue weighted by molar-refractivity contribution is 0.439. The Bertz CT molecular complexity index is 1340. The van der Waals surface area contributed by atoms with Crippen LogP contribution in [0.2, 0.25) is 0 Å². The third-order valence-corrected chi connectivity index (χ3v) is 4.69. The van der Waals surface area contributed by atoms with Crippen molar-refractivity contribution < 1.29 is 21.9 Å². The first-order valence-corrected chi connectivity index (χ1v) is 10.4. The van der Waals surface area contributed by atoms with E-state index < -0.39 is 27.2 Å². The molecule has 0 aliphatic carbocycles. The quantitative estimate of drug-likeness (QED) is 0.603. The number of aromatic amines is 1. The minimum absolute atomic E-state index is 0.0518. The summed E-state index contributed by atoms with van der Waals surface area (Å²) in [5.41, 5.74) is 1.01. The predicted octanol–water partition coefficient (Wildman–Crippen LogP) is 3.77. The summed E-state index contributed by atoms with van der Waals surface area (Å²) in [6, 6.07) is 8.59. The molecule has 0 radical (unpaired) electrons. The van der Waals surface area contributed by atoms with Crippen LogP contribution in [0.15, 0.2) is 47.3 Å². The van der Waals surface area contributed by atoms with Gasteiger partial charge in [0.2, 0.25) is 10.0 Å². The largest absolute Gasteiger partial charge is 0.454 e. The lowest BCUT2D eigenvalue weighted by Crippen LogP contribution is -2.12. The van der Waals surface area contributed by atoms with Crippen LogP contribution < -0.4 is 15.0 Å². The van der Waals surface area contributed by atoms with E-state index in [1.165, 1.54) is 24.3 Å². The van der Waals surface area contributed by atoms with Gasteiger partial charge in [-0.2, -0.15) is 0 Å². The standard InChI is InChI=1S/C21H16F2N2O4S/c1-4-13-9-16(12(2)24-21(13)26)17-11-15(25-30(3,27)28)6-8-19(17)29-20-7-5-14(22)10-18(20)23/h1,5-11,25H,2-3H3,(H,24,26). The van der Waals surface area contributed by atoms with Crippen molar-refractivity contribution in [1.82, 2.24) is 4.98 Å². The number of hydrogen-bond donors (Lipinski definition) is 2. The highest BCUT2D eigenvalue weighted by Gasteiger charge is 2.16. The number of anilines is 1. The second-order valence-corrected chi connectivity index (χ2v) is 8.21. The monoisotopic (exact) mass is 430 g/mol. The fraction of sp³-hybridized carbons (Fsp3) is 0.0952. The van der Waals surface area contributed by atoms with Crippen molar-refractivity contribution in [1.29, 1.82) is 0 Å². The van der Waals surface area contributed by atoms with Crippen molar-refractivity contribution in [2.75, 3.05) is 11.0 Å². The van der Waals surface area contributed by atoms with Gasteiger partial charge in [-0.3, -0.25) is 9.52 Å². The number of aryl methyl sites for hydroxylation is 1. The highest BCUT2D eigenvalue weighted by molar-refractivity contribution is 7.92. The van der Waals surface area contributed by atoms with Crippen LogP contribution in [0.1, 0.15) is 11.3 Å². The Hall–Kier alpha value is -3.64. The van der Waals surface area contributed by atoms with E-state index in [0.29, 0.717) is 22.9 Å². The van der Waals surface area contributed by atoms with Crippen LogP contribution in [0.3, 0.4) is 0 Å². The number of halogens is 2. The van der Waals surface area contributed by atoms with Crippen LogP contribution in [0.25, 0.3) is 11.1 Å². The summed E-state index contributed by atoms with van der Waals surface area (Å²) in [5, 5.41) is 0. The summed E-state index contributed by atoms with van der Waals surface area (Å²) in [4.78, 5) is 14.6. The number of aromatic nitrogens is 1. The summed E-state index contributed by atoms with van der Waals surface area (Å²) in [5.74, 6) is 0.497. The van der Waals surface area contributed by atoms with Crippen molar-refractivity contribution >= 4 is 15.7 Å². The summed E-state index contributed by atoms with van der Waals surface area (Å²) in [7, 11) is -3.57. The Balaban J connectivity index is 2.20. The number of sulfonamides is 1. The van der Waals surface area contributed by atoms with Crippen LogP contribution in [0.5, 0.6) is 11.5 Å². The molecule has 0 saturated heterocycles. The van der Waals surface area contributed by atoms with Crippen LogP contribution >= 0.6 is 0 Å². The maximum atomic E-state index is 14.1. The maximum Gasteiger partial charge on any atom is 0.263 e. The van der Waals surface area contributed by atoms with E-state index in [0.717, 1.165) is 18.4 Å². The molecule has 0 aliphatic rings. The van der Waals surface area contributed by atoms with Gasteiger partial charge in [-0.05, 0) is 43.3 Å². The molecule has 154 valence electrons. The Kier molecular flexibility index (Phi) is 5.62. The molecule has 0 fully saturated rings. The molecule has 0 amide bonds. The topological polar surface area (TPSA) is 88.3 Å². The van der Waals surface area contributed by atoms with Gasteiger partial charge in [-0.25, -0.2) is 17.2 Å². The second-order valence-electron chi connectivity index (χ2n) is 6.46. The minimum Gasteiger partial charge on any atom is -0.454 e. The minimum atomic E-state index is -3.57. The molecule has 0 saturated carbocycles. The second kappa shape index (κ2) is 8.00. The number of hydrogen-bond acceptors (Lipinski definition) is 4. The van der Waals surface area contributed by atoms with Gasteiger partial charge in [0.15, 0.2) is 11.6 Å². The molecule has 0 atom stereocenters. The fourth-order valence-corrected chi connectivity index (χ4v) is 3.35. The third kappa shape index (κ3) is 4.67. The SMILES string of the molecule is C#Cc1cc(-c2cc(NS(C)(=O)=O)ccc2Oc2ccc(F)cc2F)c(C)[nH]c1=O.